The van der Waals surface area contributed by atoms with Gasteiger partial charge in [-0.15, -0.1) is 0 Å². The highest BCUT2D eigenvalue weighted by atomic mass is 16.5. The predicted octanol–water partition coefficient (Wildman–Crippen LogP) is 3.62. The van der Waals surface area contributed by atoms with Gasteiger partial charge in [-0.1, -0.05) is 18.2 Å². The molecule has 3 aromatic rings. The number of para-hydroxylation sites is 1. The Morgan fingerprint density at radius 3 is 2.76 bits per heavy atom. The van der Waals surface area contributed by atoms with E-state index < -0.39 is 0 Å². The average Bonchev–Trinajstić information content (AvgIpc) is 2.90. The van der Waals surface area contributed by atoms with Crippen LogP contribution in [0.4, 0.5) is 5.69 Å². The maximum absolute atomic E-state index is 12.1. The van der Waals surface area contributed by atoms with Gasteiger partial charge in [0.15, 0.2) is 0 Å². The van der Waals surface area contributed by atoms with Gasteiger partial charge in [-0.25, -0.2) is 0 Å². The highest BCUT2D eigenvalue weighted by Gasteiger charge is 2.11. The monoisotopic (exact) mass is 281 g/mol. The van der Waals surface area contributed by atoms with E-state index in [9.17, 15) is 4.79 Å². The largest absolute Gasteiger partial charge is 0.497 e. The molecule has 0 aliphatic rings. The summed E-state index contributed by atoms with van der Waals surface area (Å²) in [4.78, 5) is 12.1. The number of hydrogen-bond donors (Lipinski definition) is 1. The summed E-state index contributed by atoms with van der Waals surface area (Å²) in [6.07, 6.45) is 1.88. The lowest BCUT2D eigenvalue weighted by molar-refractivity contribution is -0.115. The van der Waals surface area contributed by atoms with Crippen molar-refractivity contribution in [2.45, 2.75) is 6.42 Å². The Hall–Kier alpha value is -2.75. The molecule has 2 aromatic carbocycles. The molecule has 0 aliphatic carbocycles. The summed E-state index contributed by atoms with van der Waals surface area (Å²) in [6.45, 7) is 0. The average molecular weight is 281 g/mol. The van der Waals surface area contributed by atoms with Crippen molar-refractivity contribution in [1.29, 1.82) is 0 Å². The summed E-state index contributed by atoms with van der Waals surface area (Å²) in [5.74, 6) is 0.667. The lowest BCUT2D eigenvalue weighted by Crippen LogP contribution is -2.13. The molecule has 4 nitrogen and oxygen atoms in total. The quantitative estimate of drug-likeness (QED) is 0.794. The van der Waals surface area contributed by atoms with Crippen molar-refractivity contribution in [1.82, 2.24) is 0 Å². The highest BCUT2D eigenvalue weighted by molar-refractivity contribution is 5.95. The van der Waals surface area contributed by atoms with Crippen LogP contribution in [0.15, 0.2) is 59.2 Å². The summed E-state index contributed by atoms with van der Waals surface area (Å²) < 4.78 is 10.7. The van der Waals surface area contributed by atoms with Gasteiger partial charge in [-0.2, -0.15) is 0 Å². The third-order valence-corrected chi connectivity index (χ3v) is 3.27. The molecule has 0 unspecified atom stereocenters. The Kier molecular flexibility index (Phi) is 3.60. The Labute approximate surface area is 122 Å². The summed E-state index contributed by atoms with van der Waals surface area (Å²) in [6, 6.07) is 14.9. The third-order valence-electron chi connectivity index (χ3n) is 3.27. The Balaban J connectivity index is 1.79. The molecular weight excluding hydrogens is 266 g/mol. The van der Waals surface area contributed by atoms with E-state index in [1.165, 1.54) is 0 Å². The van der Waals surface area contributed by atoms with Crippen molar-refractivity contribution in [2.24, 2.45) is 0 Å². The van der Waals surface area contributed by atoms with Crippen molar-refractivity contribution >= 4 is 22.6 Å². The number of amides is 1. The highest BCUT2D eigenvalue weighted by Crippen LogP contribution is 2.26. The number of ether oxygens (including phenoxy) is 1. The maximum Gasteiger partial charge on any atom is 0.228 e. The first-order chi connectivity index (χ1) is 10.3. The lowest BCUT2D eigenvalue weighted by Gasteiger charge is -2.04. The van der Waals surface area contributed by atoms with E-state index in [-0.39, 0.29) is 12.3 Å². The van der Waals surface area contributed by atoms with E-state index in [4.69, 9.17) is 9.15 Å². The van der Waals surface area contributed by atoms with Crippen molar-refractivity contribution in [3.63, 3.8) is 0 Å². The normalized spacial score (nSPS) is 10.5. The molecule has 0 saturated heterocycles. The summed E-state index contributed by atoms with van der Waals surface area (Å²) in [5.41, 5.74) is 2.38. The van der Waals surface area contributed by atoms with Gasteiger partial charge in [0, 0.05) is 16.6 Å². The van der Waals surface area contributed by atoms with Crippen LogP contribution >= 0.6 is 0 Å². The van der Waals surface area contributed by atoms with E-state index in [0.717, 1.165) is 28.0 Å². The molecule has 1 heterocycles. The fourth-order valence-electron chi connectivity index (χ4n) is 2.22. The van der Waals surface area contributed by atoms with Crippen molar-refractivity contribution in [3.8, 4) is 5.75 Å². The number of rotatable bonds is 4. The Bertz CT molecular complexity index is 762. The van der Waals surface area contributed by atoms with E-state index in [0.29, 0.717) is 0 Å². The maximum atomic E-state index is 12.1. The van der Waals surface area contributed by atoms with Gasteiger partial charge in [0.1, 0.15) is 11.3 Å². The minimum atomic E-state index is -0.0771. The Morgan fingerprint density at radius 1 is 1.19 bits per heavy atom. The van der Waals surface area contributed by atoms with Crippen LogP contribution in [0.3, 0.4) is 0 Å². The molecule has 0 atom stereocenters. The molecular formula is C17H15NO3. The molecule has 0 spiro atoms. The molecule has 21 heavy (non-hydrogen) atoms. The number of hydrogen-bond acceptors (Lipinski definition) is 3. The van der Waals surface area contributed by atoms with Crippen LogP contribution in [-0.2, 0) is 11.2 Å². The van der Waals surface area contributed by atoms with Gasteiger partial charge >= 0.3 is 0 Å². The fourth-order valence-corrected chi connectivity index (χ4v) is 2.22. The zero-order valence-corrected chi connectivity index (χ0v) is 11.6. The number of anilines is 1. The third kappa shape index (κ3) is 2.89. The van der Waals surface area contributed by atoms with E-state index in [1.54, 1.807) is 13.4 Å². The second-order valence-corrected chi connectivity index (χ2v) is 4.71. The second kappa shape index (κ2) is 5.71. The number of fused-ring (bicyclic) bond motifs is 1. The van der Waals surface area contributed by atoms with E-state index in [1.807, 2.05) is 48.5 Å². The fraction of sp³-hybridized carbons (Fsp3) is 0.118. The van der Waals surface area contributed by atoms with Crippen molar-refractivity contribution in [3.05, 3.63) is 60.4 Å². The first-order valence-electron chi connectivity index (χ1n) is 6.65. The van der Waals surface area contributed by atoms with Crippen LogP contribution in [0.25, 0.3) is 11.0 Å². The van der Waals surface area contributed by atoms with Crippen LogP contribution in [0.1, 0.15) is 5.56 Å². The standard InChI is InChI=1S/C17H15NO3/c1-20-14-7-8-16-15(10-14)12(11-21-16)9-17(19)18-13-5-3-2-4-6-13/h2-8,10-11H,9H2,1H3,(H,18,19). The first-order valence-corrected chi connectivity index (χ1v) is 6.65. The molecule has 0 radical (unpaired) electrons. The predicted molar refractivity (Wildman–Crippen MR) is 81.5 cm³/mol. The molecule has 3 rings (SSSR count). The van der Waals surface area contributed by atoms with Crippen molar-refractivity contribution in [2.75, 3.05) is 12.4 Å². The van der Waals surface area contributed by atoms with E-state index >= 15 is 0 Å². The van der Waals surface area contributed by atoms with Gasteiger partial charge < -0.3 is 14.5 Å². The first kappa shape index (κ1) is 13.2. The van der Waals surface area contributed by atoms with Gasteiger partial charge in [0.05, 0.1) is 19.8 Å². The Morgan fingerprint density at radius 2 is 2.00 bits per heavy atom. The van der Waals surface area contributed by atoms with Gasteiger partial charge in [-0.3, -0.25) is 4.79 Å². The number of carbonyl (C=O) groups is 1. The number of nitrogens with one attached hydrogen (secondary N) is 1. The molecule has 1 amide bonds. The second-order valence-electron chi connectivity index (χ2n) is 4.71. The molecule has 1 aromatic heterocycles. The van der Waals surface area contributed by atoms with E-state index in [2.05, 4.69) is 5.32 Å². The molecule has 1 N–H and O–H groups in total. The summed E-state index contributed by atoms with van der Waals surface area (Å²) in [7, 11) is 1.61. The number of furan rings is 1. The van der Waals surface area contributed by atoms with Gasteiger partial charge in [0.2, 0.25) is 5.91 Å². The minimum absolute atomic E-state index is 0.0771. The van der Waals surface area contributed by atoms with Crippen LogP contribution in [0, 0.1) is 0 Å². The molecule has 4 heteroatoms. The molecule has 0 saturated carbocycles. The topological polar surface area (TPSA) is 51.5 Å². The molecule has 0 bridgehead atoms. The van der Waals surface area contributed by atoms with Crippen LogP contribution < -0.4 is 10.1 Å². The van der Waals surface area contributed by atoms with Crippen LogP contribution in [-0.4, -0.2) is 13.0 Å². The summed E-state index contributed by atoms with van der Waals surface area (Å²) >= 11 is 0. The molecule has 106 valence electrons. The number of benzene rings is 2. The zero-order chi connectivity index (χ0) is 14.7. The molecule has 0 aliphatic heterocycles. The SMILES string of the molecule is COc1ccc2occ(CC(=O)Nc3ccccc3)c2c1. The molecule has 0 fully saturated rings. The number of methoxy groups -OCH3 is 1. The smallest absolute Gasteiger partial charge is 0.228 e. The van der Waals surface area contributed by atoms with Crippen LogP contribution in [0.5, 0.6) is 5.75 Å². The minimum Gasteiger partial charge on any atom is -0.497 e. The van der Waals surface area contributed by atoms with Crippen molar-refractivity contribution < 1.29 is 13.9 Å². The number of carbonyl (C=O) groups excluding carboxylic acids is 1. The zero-order valence-electron chi connectivity index (χ0n) is 11.6. The lowest BCUT2D eigenvalue weighted by atomic mass is 10.1. The summed E-state index contributed by atoms with van der Waals surface area (Å²) in [5, 5.41) is 3.76. The van der Waals surface area contributed by atoms with Gasteiger partial charge in [-0.05, 0) is 30.3 Å². The van der Waals surface area contributed by atoms with Gasteiger partial charge in [0.25, 0.3) is 0 Å². The van der Waals surface area contributed by atoms with Crippen LogP contribution in [0.2, 0.25) is 0 Å².